The van der Waals surface area contributed by atoms with Crippen molar-refractivity contribution in [2.24, 2.45) is 0 Å². The number of hydrogen-bond donors (Lipinski definition) is 1. The molecule has 1 saturated heterocycles. The number of rotatable bonds is 4. The molecule has 0 aromatic heterocycles. The van der Waals surface area contributed by atoms with Crippen LogP contribution in [-0.4, -0.2) is 40.8 Å². The molecule has 0 atom stereocenters. The maximum absolute atomic E-state index is 13.3. The molecule has 1 heterocycles. The van der Waals surface area contributed by atoms with Crippen molar-refractivity contribution in [3.63, 3.8) is 0 Å². The fraction of sp³-hybridized carbons (Fsp3) is 0.250. The van der Waals surface area contributed by atoms with Crippen LogP contribution in [-0.2, 0) is 4.79 Å². The lowest BCUT2D eigenvalue weighted by atomic mass is 10.2. The Hall–Kier alpha value is -1.41. The van der Waals surface area contributed by atoms with E-state index < -0.39 is 11.7 Å². The van der Waals surface area contributed by atoms with Gasteiger partial charge in [-0.15, -0.1) is 0 Å². The zero-order valence-electron chi connectivity index (χ0n) is 10.2. The van der Waals surface area contributed by atoms with Crippen molar-refractivity contribution >= 4 is 44.7 Å². The molecular formula is C12H10BrFN2O3S. The summed E-state index contributed by atoms with van der Waals surface area (Å²) in [5.74, 6) is -1.10. The summed E-state index contributed by atoms with van der Waals surface area (Å²) in [6, 6.07) is 4.03. The summed E-state index contributed by atoms with van der Waals surface area (Å²) < 4.78 is 13.6. The third-order valence-electron chi connectivity index (χ3n) is 2.64. The highest BCUT2D eigenvalue weighted by molar-refractivity contribution is 9.10. The molecule has 0 unspecified atom stereocenters. The highest BCUT2D eigenvalue weighted by Gasteiger charge is 2.29. The third kappa shape index (κ3) is 3.37. The van der Waals surface area contributed by atoms with Gasteiger partial charge < -0.3 is 5.32 Å². The Kier molecular flexibility index (Phi) is 4.77. The molecule has 0 bridgehead atoms. The first-order valence-corrected chi connectivity index (χ1v) is 7.47. The minimum atomic E-state index is -0.529. The highest BCUT2D eigenvalue weighted by Crippen LogP contribution is 2.18. The third-order valence-corrected chi connectivity index (χ3v) is 4.15. The zero-order valence-corrected chi connectivity index (χ0v) is 12.6. The molecule has 20 heavy (non-hydrogen) atoms. The molecule has 1 N–H and O–H groups in total. The molecule has 1 aromatic rings. The number of amides is 3. The lowest BCUT2D eigenvalue weighted by Gasteiger charge is -2.13. The van der Waals surface area contributed by atoms with Gasteiger partial charge in [-0.3, -0.25) is 19.3 Å². The monoisotopic (exact) mass is 360 g/mol. The van der Waals surface area contributed by atoms with Crippen LogP contribution in [0.25, 0.3) is 0 Å². The predicted molar refractivity (Wildman–Crippen MR) is 76.0 cm³/mol. The molecule has 106 valence electrons. The van der Waals surface area contributed by atoms with Crippen LogP contribution in [0.4, 0.5) is 9.18 Å². The van der Waals surface area contributed by atoms with Crippen LogP contribution in [0.15, 0.2) is 22.7 Å². The Morgan fingerprint density at radius 1 is 1.45 bits per heavy atom. The Balaban J connectivity index is 1.87. The number of imide groups is 1. The molecule has 0 saturated carbocycles. The van der Waals surface area contributed by atoms with E-state index in [4.69, 9.17) is 0 Å². The van der Waals surface area contributed by atoms with E-state index in [1.54, 1.807) is 0 Å². The van der Waals surface area contributed by atoms with E-state index in [1.165, 1.54) is 12.1 Å². The summed E-state index contributed by atoms with van der Waals surface area (Å²) in [5.41, 5.74) is 0.180. The van der Waals surface area contributed by atoms with Crippen molar-refractivity contribution in [2.45, 2.75) is 0 Å². The Morgan fingerprint density at radius 3 is 2.80 bits per heavy atom. The largest absolute Gasteiger partial charge is 0.350 e. The van der Waals surface area contributed by atoms with Crippen molar-refractivity contribution in [3.05, 3.63) is 34.1 Å². The standard InChI is InChI=1S/C12H10BrFN2O3S/c13-8-2-1-7(5-9(8)14)11(18)15-3-4-16-10(17)6-20-12(16)19/h1-2,5H,3-4,6H2,(H,15,18). The topological polar surface area (TPSA) is 66.5 Å². The average Bonchev–Trinajstić information content (AvgIpc) is 2.73. The summed E-state index contributed by atoms with van der Waals surface area (Å²) in [5, 5.41) is 2.23. The van der Waals surface area contributed by atoms with Crippen LogP contribution in [0, 0.1) is 5.82 Å². The minimum Gasteiger partial charge on any atom is -0.350 e. The number of nitrogens with one attached hydrogen (secondary N) is 1. The number of thioether (sulfide) groups is 1. The van der Waals surface area contributed by atoms with E-state index in [0.29, 0.717) is 0 Å². The van der Waals surface area contributed by atoms with E-state index in [0.717, 1.165) is 22.7 Å². The second kappa shape index (κ2) is 6.36. The van der Waals surface area contributed by atoms with Crippen molar-refractivity contribution < 1.29 is 18.8 Å². The van der Waals surface area contributed by atoms with Gasteiger partial charge in [-0.2, -0.15) is 0 Å². The first-order chi connectivity index (χ1) is 9.49. The fourth-order valence-electron chi connectivity index (χ4n) is 1.62. The maximum atomic E-state index is 13.3. The lowest BCUT2D eigenvalue weighted by Crippen LogP contribution is -2.37. The maximum Gasteiger partial charge on any atom is 0.288 e. The van der Waals surface area contributed by atoms with Gasteiger partial charge in [0.25, 0.3) is 11.1 Å². The Labute approximate surface area is 127 Å². The van der Waals surface area contributed by atoms with E-state index in [1.807, 2.05) is 0 Å². The summed E-state index contributed by atoms with van der Waals surface area (Å²) >= 11 is 3.94. The first kappa shape index (κ1) is 15.0. The number of halogens is 2. The van der Waals surface area contributed by atoms with Crippen molar-refractivity contribution in [1.82, 2.24) is 10.2 Å². The first-order valence-electron chi connectivity index (χ1n) is 5.69. The van der Waals surface area contributed by atoms with Gasteiger partial charge in [-0.1, -0.05) is 11.8 Å². The fourth-order valence-corrected chi connectivity index (χ4v) is 2.62. The molecule has 1 fully saturated rings. The molecule has 8 heteroatoms. The van der Waals surface area contributed by atoms with E-state index in [-0.39, 0.29) is 40.0 Å². The molecule has 0 spiro atoms. The van der Waals surface area contributed by atoms with Crippen molar-refractivity contribution in [1.29, 1.82) is 0 Å². The predicted octanol–water partition coefficient (Wildman–Crippen LogP) is 2.01. The van der Waals surface area contributed by atoms with E-state index >= 15 is 0 Å². The van der Waals surface area contributed by atoms with E-state index in [9.17, 15) is 18.8 Å². The Morgan fingerprint density at radius 2 is 2.20 bits per heavy atom. The molecule has 1 aromatic carbocycles. The molecule has 2 rings (SSSR count). The smallest absolute Gasteiger partial charge is 0.288 e. The molecular weight excluding hydrogens is 351 g/mol. The molecule has 0 radical (unpaired) electrons. The number of carbonyl (C=O) groups is 3. The Bertz CT molecular complexity index is 566. The van der Waals surface area contributed by atoms with Crippen LogP contribution in [0.5, 0.6) is 0 Å². The highest BCUT2D eigenvalue weighted by atomic mass is 79.9. The van der Waals surface area contributed by atoms with Crippen LogP contribution < -0.4 is 5.32 Å². The SMILES string of the molecule is O=C(NCCN1C(=O)CSC1=O)c1ccc(Br)c(F)c1. The minimum absolute atomic E-state index is 0.120. The van der Waals surface area contributed by atoms with Crippen LogP contribution in [0.1, 0.15) is 10.4 Å². The van der Waals surface area contributed by atoms with E-state index in [2.05, 4.69) is 21.2 Å². The zero-order chi connectivity index (χ0) is 14.7. The summed E-state index contributed by atoms with van der Waals surface area (Å²) in [6.45, 7) is 0.254. The lowest BCUT2D eigenvalue weighted by molar-refractivity contribution is -0.124. The van der Waals surface area contributed by atoms with Gasteiger partial charge >= 0.3 is 0 Å². The summed E-state index contributed by atoms with van der Waals surface area (Å²) in [6.07, 6.45) is 0. The van der Waals surface area contributed by atoms with Crippen molar-refractivity contribution in [2.75, 3.05) is 18.8 Å². The normalized spacial score (nSPS) is 14.8. The molecule has 0 aliphatic carbocycles. The molecule has 1 aliphatic rings. The number of nitrogens with zero attached hydrogens (tertiary/aromatic N) is 1. The van der Waals surface area contributed by atoms with Crippen molar-refractivity contribution in [3.8, 4) is 0 Å². The van der Waals surface area contributed by atoms with Crippen LogP contribution in [0.2, 0.25) is 0 Å². The van der Waals surface area contributed by atoms with Gasteiger partial charge in [-0.05, 0) is 34.1 Å². The van der Waals surface area contributed by atoms with Gasteiger partial charge in [0.15, 0.2) is 0 Å². The van der Waals surface area contributed by atoms with Gasteiger partial charge in [0.2, 0.25) is 5.91 Å². The number of benzene rings is 1. The molecule has 3 amide bonds. The number of hydrogen-bond acceptors (Lipinski definition) is 4. The van der Waals surface area contributed by atoms with Gasteiger partial charge in [0.05, 0.1) is 10.2 Å². The van der Waals surface area contributed by atoms with Crippen LogP contribution >= 0.6 is 27.7 Å². The van der Waals surface area contributed by atoms with Crippen LogP contribution in [0.3, 0.4) is 0 Å². The number of carbonyl (C=O) groups excluding carboxylic acids is 3. The van der Waals surface area contributed by atoms with Gasteiger partial charge in [0.1, 0.15) is 5.82 Å². The van der Waals surface area contributed by atoms with Gasteiger partial charge in [0, 0.05) is 18.7 Å². The summed E-state index contributed by atoms with van der Waals surface area (Å²) in [7, 11) is 0. The second-order valence-corrected chi connectivity index (χ2v) is 5.77. The summed E-state index contributed by atoms with van der Waals surface area (Å²) in [4.78, 5) is 35.5. The van der Waals surface area contributed by atoms with Gasteiger partial charge in [-0.25, -0.2) is 4.39 Å². The molecule has 1 aliphatic heterocycles. The average molecular weight is 361 g/mol. The quantitative estimate of drug-likeness (QED) is 0.891. The second-order valence-electron chi connectivity index (χ2n) is 3.98. The molecule has 5 nitrogen and oxygen atoms in total.